The van der Waals surface area contributed by atoms with Crippen LogP contribution in [0.1, 0.15) is 16.8 Å². The highest BCUT2D eigenvalue weighted by atomic mass is 32.2. The van der Waals surface area contributed by atoms with E-state index in [4.69, 9.17) is 10.2 Å². The van der Waals surface area contributed by atoms with Crippen molar-refractivity contribution in [2.24, 2.45) is 0 Å². The van der Waals surface area contributed by atoms with Crippen LogP contribution in [0.15, 0.2) is 29.2 Å². The van der Waals surface area contributed by atoms with Crippen LogP contribution in [-0.2, 0) is 4.79 Å². The molecule has 0 fully saturated rings. The molecule has 0 aliphatic rings. The number of alkyl halides is 3. The number of carbonyl (C=O) groups excluding carboxylic acids is 1. The Labute approximate surface area is 122 Å². The number of thioether (sulfide) groups is 1. The van der Waals surface area contributed by atoms with Gasteiger partial charge >= 0.3 is 11.5 Å². The molecule has 0 bridgehead atoms. The number of hydrogen-bond donors (Lipinski definition) is 3. The highest BCUT2D eigenvalue weighted by Crippen LogP contribution is 2.36. The molecule has 3 N–H and O–H groups in total. The second-order valence-corrected chi connectivity index (χ2v) is 5.09. The molecule has 21 heavy (non-hydrogen) atoms. The van der Waals surface area contributed by atoms with E-state index in [0.29, 0.717) is 0 Å². The van der Waals surface area contributed by atoms with Crippen molar-refractivity contribution < 1.29 is 33.0 Å². The summed E-state index contributed by atoms with van der Waals surface area (Å²) in [4.78, 5) is 22.5. The van der Waals surface area contributed by atoms with Crippen molar-refractivity contribution in [3.63, 3.8) is 0 Å². The lowest BCUT2D eigenvalue weighted by Crippen LogP contribution is -2.41. The minimum atomic E-state index is -4.42. The van der Waals surface area contributed by atoms with Gasteiger partial charge in [0.15, 0.2) is 0 Å². The van der Waals surface area contributed by atoms with Crippen molar-refractivity contribution in [2.75, 3.05) is 6.61 Å². The van der Waals surface area contributed by atoms with Gasteiger partial charge in [-0.3, -0.25) is 4.79 Å². The molecule has 5 nitrogen and oxygen atoms in total. The Hall–Kier alpha value is -1.74. The van der Waals surface area contributed by atoms with E-state index in [1.54, 1.807) is 0 Å². The summed E-state index contributed by atoms with van der Waals surface area (Å²) in [5.74, 6) is -2.04. The number of carbonyl (C=O) groups is 2. The van der Waals surface area contributed by atoms with Gasteiger partial charge in [-0.2, -0.15) is 13.2 Å². The summed E-state index contributed by atoms with van der Waals surface area (Å²) in [6, 6.07) is 3.32. The third-order valence-electron chi connectivity index (χ3n) is 2.37. The largest absolute Gasteiger partial charge is 0.480 e. The van der Waals surface area contributed by atoms with Gasteiger partial charge in [-0.1, -0.05) is 0 Å². The van der Waals surface area contributed by atoms with Crippen LogP contribution in [0.3, 0.4) is 0 Å². The first kappa shape index (κ1) is 17.3. The average molecular weight is 323 g/mol. The van der Waals surface area contributed by atoms with Crippen LogP contribution in [0.5, 0.6) is 0 Å². The standard InChI is InChI=1S/C12H12F3NO4S/c13-12(14,15)21-8-3-1-7(2-4-8)10(18)16-9(5-6-17)11(19)20/h1-4,9,17H,5-6H2,(H,16,18)(H,19,20). The van der Waals surface area contributed by atoms with E-state index < -0.39 is 30.0 Å². The molecule has 1 amide bonds. The zero-order valence-corrected chi connectivity index (χ0v) is 11.4. The lowest BCUT2D eigenvalue weighted by Gasteiger charge is -2.13. The summed E-state index contributed by atoms with van der Waals surface area (Å²) in [6.45, 7) is -0.418. The zero-order chi connectivity index (χ0) is 16.0. The second-order valence-electron chi connectivity index (χ2n) is 3.95. The average Bonchev–Trinajstić information content (AvgIpc) is 2.36. The van der Waals surface area contributed by atoms with Crippen LogP contribution in [0.25, 0.3) is 0 Å². The molecular weight excluding hydrogens is 311 g/mol. The number of amides is 1. The summed E-state index contributed by atoms with van der Waals surface area (Å²) >= 11 is -0.311. The van der Waals surface area contributed by atoms with Crippen molar-refractivity contribution in [1.29, 1.82) is 0 Å². The number of hydrogen-bond acceptors (Lipinski definition) is 4. The van der Waals surface area contributed by atoms with Gasteiger partial charge in [0.2, 0.25) is 0 Å². The number of nitrogens with one attached hydrogen (secondary N) is 1. The quantitative estimate of drug-likeness (QED) is 0.696. The van der Waals surface area contributed by atoms with Gasteiger partial charge in [-0.05, 0) is 36.0 Å². The Morgan fingerprint density at radius 1 is 1.24 bits per heavy atom. The van der Waals surface area contributed by atoms with Crippen molar-refractivity contribution in [3.05, 3.63) is 29.8 Å². The molecule has 1 aromatic rings. The van der Waals surface area contributed by atoms with Crippen LogP contribution >= 0.6 is 11.8 Å². The fourth-order valence-electron chi connectivity index (χ4n) is 1.44. The molecule has 0 heterocycles. The van der Waals surface area contributed by atoms with Gasteiger partial charge in [0.1, 0.15) is 6.04 Å². The maximum atomic E-state index is 12.1. The molecule has 116 valence electrons. The third kappa shape index (κ3) is 6.05. The Morgan fingerprint density at radius 2 is 1.81 bits per heavy atom. The Bertz CT molecular complexity index is 504. The molecule has 1 rings (SSSR count). The van der Waals surface area contributed by atoms with E-state index >= 15 is 0 Å². The van der Waals surface area contributed by atoms with Gasteiger partial charge in [0.25, 0.3) is 5.91 Å². The van der Waals surface area contributed by atoms with E-state index in [2.05, 4.69) is 5.32 Å². The number of aliphatic hydroxyl groups excluding tert-OH is 1. The molecule has 0 aliphatic heterocycles. The Kier molecular flexibility index (Phi) is 6.03. The Balaban J connectivity index is 2.72. The van der Waals surface area contributed by atoms with Gasteiger partial charge in [0.05, 0.1) is 0 Å². The fourth-order valence-corrected chi connectivity index (χ4v) is 1.98. The maximum Gasteiger partial charge on any atom is 0.446 e. The second kappa shape index (κ2) is 7.32. The molecule has 0 spiro atoms. The Morgan fingerprint density at radius 3 is 2.24 bits per heavy atom. The molecule has 1 atom stereocenters. The van der Waals surface area contributed by atoms with Crippen molar-refractivity contribution in [2.45, 2.75) is 22.9 Å². The van der Waals surface area contributed by atoms with Crippen LogP contribution in [0, 0.1) is 0 Å². The molecule has 0 saturated heterocycles. The number of aliphatic hydroxyl groups is 1. The number of carboxylic acid groups (broad SMARTS) is 1. The summed E-state index contributed by atoms with van der Waals surface area (Å²) in [7, 11) is 0. The highest BCUT2D eigenvalue weighted by molar-refractivity contribution is 8.00. The van der Waals surface area contributed by atoms with E-state index in [1.807, 2.05) is 0 Å². The lowest BCUT2D eigenvalue weighted by molar-refractivity contribution is -0.139. The SMILES string of the molecule is O=C(NC(CCO)C(=O)O)c1ccc(SC(F)(F)F)cc1. The van der Waals surface area contributed by atoms with Crippen LogP contribution in [0.4, 0.5) is 13.2 Å². The molecule has 0 radical (unpaired) electrons. The van der Waals surface area contributed by atoms with Gasteiger partial charge in [0, 0.05) is 23.5 Å². The predicted molar refractivity (Wildman–Crippen MR) is 68.9 cm³/mol. The van der Waals surface area contributed by atoms with Crippen molar-refractivity contribution >= 4 is 23.6 Å². The van der Waals surface area contributed by atoms with Crippen molar-refractivity contribution in [3.8, 4) is 0 Å². The third-order valence-corrected chi connectivity index (χ3v) is 3.11. The topological polar surface area (TPSA) is 86.6 Å². The smallest absolute Gasteiger partial charge is 0.446 e. The van der Waals surface area contributed by atoms with Gasteiger partial charge in [-0.25, -0.2) is 4.79 Å². The first-order valence-electron chi connectivity index (χ1n) is 5.73. The molecule has 0 aromatic heterocycles. The van der Waals surface area contributed by atoms with Crippen molar-refractivity contribution in [1.82, 2.24) is 5.32 Å². The number of carboxylic acids is 1. The molecule has 1 unspecified atom stereocenters. The van der Waals surface area contributed by atoms with Gasteiger partial charge < -0.3 is 15.5 Å². The van der Waals surface area contributed by atoms with E-state index in [1.165, 1.54) is 12.1 Å². The maximum absolute atomic E-state index is 12.1. The highest BCUT2D eigenvalue weighted by Gasteiger charge is 2.29. The van der Waals surface area contributed by atoms with Crippen LogP contribution in [0.2, 0.25) is 0 Å². The van der Waals surface area contributed by atoms with Crippen LogP contribution in [-0.4, -0.2) is 40.2 Å². The molecule has 9 heteroatoms. The summed E-state index contributed by atoms with van der Waals surface area (Å²) in [6.07, 6.45) is -0.164. The first-order valence-corrected chi connectivity index (χ1v) is 6.55. The zero-order valence-electron chi connectivity index (χ0n) is 10.6. The number of aliphatic carboxylic acids is 1. The number of benzene rings is 1. The minimum Gasteiger partial charge on any atom is -0.480 e. The minimum absolute atomic E-state index is 0.0331. The normalized spacial score (nSPS) is 12.8. The molecule has 1 aromatic carbocycles. The summed E-state index contributed by atoms with van der Waals surface area (Å²) in [5.41, 5.74) is -4.38. The molecular formula is C12H12F3NO4S. The number of rotatable bonds is 6. The molecule has 0 aliphatic carbocycles. The monoisotopic (exact) mass is 323 g/mol. The van der Waals surface area contributed by atoms with E-state index in [0.717, 1.165) is 12.1 Å². The molecule has 0 saturated carbocycles. The predicted octanol–water partition coefficient (Wildman–Crippen LogP) is 1.86. The summed E-state index contributed by atoms with van der Waals surface area (Å²) < 4.78 is 36.4. The number of halogens is 3. The van der Waals surface area contributed by atoms with E-state index in [-0.39, 0.29) is 28.6 Å². The van der Waals surface area contributed by atoms with Crippen LogP contribution < -0.4 is 5.32 Å². The fraction of sp³-hybridized carbons (Fsp3) is 0.333. The van der Waals surface area contributed by atoms with E-state index in [9.17, 15) is 22.8 Å². The lowest BCUT2D eigenvalue weighted by atomic mass is 10.1. The first-order chi connectivity index (χ1) is 9.73. The summed E-state index contributed by atoms with van der Waals surface area (Å²) in [5, 5.41) is 19.7. The van der Waals surface area contributed by atoms with Gasteiger partial charge in [-0.15, -0.1) is 0 Å².